The van der Waals surface area contributed by atoms with Crippen molar-refractivity contribution < 1.29 is 24.5 Å². The number of hydrogen-bond acceptors (Lipinski definition) is 4. The number of pyridine rings is 2. The molecule has 0 spiro atoms. The summed E-state index contributed by atoms with van der Waals surface area (Å²) in [5, 5.41) is 11.9. The summed E-state index contributed by atoms with van der Waals surface area (Å²) in [6.45, 7) is 0. The van der Waals surface area contributed by atoms with Crippen molar-refractivity contribution in [3.05, 3.63) is 194 Å². The fourth-order valence-electron chi connectivity index (χ4n) is 6.28. The van der Waals surface area contributed by atoms with Crippen LogP contribution in [-0.2, 0) is 20.1 Å². The Balaban J connectivity index is 0.000000275. The molecule has 0 aliphatic rings. The number of rotatable bonds is 5. The normalized spacial score (nSPS) is 10.5. The molecule has 52 heavy (non-hydrogen) atoms. The van der Waals surface area contributed by atoms with Crippen molar-refractivity contribution in [1.82, 2.24) is 9.97 Å². The fourth-order valence-corrected chi connectivity index (χ4v) is 6.28. The van der Waals surface area contributed by atoms with Gasteiger partial charge in [-0.1, -0.05) is 120 Å². The maximum atomic E-state index is 9.99. The molecule has 1 radical (unpaired) electrons. The molecule has 0 aliphatic carbocycles. The quantitative estimate of drug-likeness (QED) is 0.162. The summed E-state index contributed by atoms with van der Waals surface area (Å²) in [6, 6.07) is 63.3. The summed E-state index contributed by atoms with van der Waals surface area (Å²) < 4.78 is 6.51. The van der Waals surface area contributed by atoms with Crippen LogP contribution in [0.25, 0.3) is 77.8 Å². The van der Waals surface area contributed by atoms with Crippen molar-refractivity contribution in [3.8, 4) is 62.0 Å². The molecule has 0 unspecified atom stereocenters. The maximum Gasteiger partial charge on any atom is 0.130 e. The number of hydrogen-bond donors (Lipinski definition) is 0. The van der Waals surface area contributed by atoms with Gasteiger partial charge in [-0.25, -0.2) is 0 Å². The number of benzene rings is 6. The first-order valence-corrected chi connectivity index (χ1v) is 16.6. The van der Waals surface area contributed by atoms with E-state index < -0.39 is 0 Å². The molecule has 3 aromatic heterocycles. The van der Waals surface area contributed by atoms with Gasteiger partial charge >= 0.3 is 0 Å². The smallest absolute Gasteiger partial charge is 0.130 e. The summed E-state index contributed by atoms with van der Waals surface area (Å²) in [4.78, 5) is 8.72. The summed E-state index contributed by atoms with van der Waals surface area (Å²) in [5.41, 5.74) is 12.0. The first kappa shape index (κ1) is 34.0. The molecule has 0 fully saturated rings. The number of aromatic nitrogens is 2. The van der Waals surface area contributed by atoms with Crippen molar-refractivity contribution >= 4 is 21.9 Å². The Morgan fingerprint density at radius 3 is 1.65 bits per heavy atom. The molecule has 0 amide bonds. The van der Waals surface area contributed by atoms with E-state index in [1.54, 1.807) is 12.4 Å². The predicted molar refractivity (Wildman–Crippen MR) is 205 cm³/mol. The molecular formula is C47H29IrN3O-2. The Labute approximate surface area is 316 Å². The van der Waals surface area contributed by atoms with Crippen LogP contribution >= 0.6 is 0 Å². The van der Waals surface area contributed by atoms with E-state index in [-0.39, 0.29) is 20.1 Å². The van der Waals surface area contributed by atoms with Crippen molar-refractivity contribution in [1.29, 1.82) is 5.26 Å². The van der Waals surface area contributed by atoms with Gasteiger partial charge in [-0.15, -0.1) is 54.1 Å². The number of nitrogens with zero attached hydrogens (tertiary/aromatic N) is 3. The van der Waals surface area contributed by atoms with Crippen molar-refractivity contribution in [2.75, 3.05) is 0 Å². The minimum absolute atomic E-state index is 0. The third kappa shape index (κ3) is 6.95. The zero-order valence-corrected chi connectivity index (χ0v) is 30.2. The van der Waals surface area contributed by atoms with E-state index in [1.807, 2.05) is 91.0 Å². The van der Waals surface area contributed by atoms with Crippen molar-refractivity contribution in [3.63, 3.8) is 0 Å². The van der Waals surface area contributed by atoms with Crippen LogP contribution in [0.2, 0.25) is 0 Å². The molecule has 249 valence electrons. The minimum Gasteiger partial charge on any atom is -0.500 e. The van der Waals surface area contributed by atoms with Crippen LogP contribution < -0.4 is 0 Å². The van der Waals surface area contributed by atoms with E-state index in [1.165, 1.54) is 11.1 Å². The van der Waals surface area contributed by atoms with Gasteiger partial charge in [-0.2, -0.15) is 5.26 Å². The van der Waals surface area contributed by atoms with Crippen LogP contribution in [0.15, 0.2) is 181 Å². The molecule has 9 rings (SSSR count). The minimum atomic E-state index is 0. The molecule has 0 bridgehead atoms. The van der Waals surface area contributed by atoms with Gasteiger partial charge in [0.25, 0.3) is 0 Å². The summed E-state index contributed by atoms with van der Waals surface area (Å²) in [5.74, 6) is 0. The van der Waals surface area contributed by atoms with Gasteiger partial charge < -0.3 is 14.4 Å². The maximum absolute atomic E-state index is 9.99. The van der Waals surface area contributed by atoms with Crippen LogP contribution in [0.1, 0.15) is 5.56 Å². The second kappa shape index (κ2) is 15.6. The second-order valence-electron chi connectivity index (χ2n) is 11.9. The van der Waals surface area contributed by atoms with Gasteiger partial charge in [0.2, 0.25) is 0 Å². The van der Waals surface area contributed by atoms with Gasteiger partial charge in [0.15, 0.2) is 0 Å². The Kier molecular flexibility index (Phi) is 10.2. The van der Waals surface area contributed by atoms with E-state index in [4.69, 9.17) is 4.42 Å². The Morgan fingerprint density at radius 2 is 1.06 bits per heavy atom. The van der Waals surface area contributed by atoms with Crippen LogP contribution in [0.3, 0.4) is 0 Å². The SMILES string of the molecule is N#Cc1ccc2c(oc3c(-c4ccccn4)[c-]ccc32)c1-c1ccc(-c2ccc(-c3ccccc3)cc2)cc1.[Ir].[c-]1ccccc1-c1ccccn1. The molecule has 0 aliphatic heterocycles. The topological polar surface area (TPSA) is 62.7 Å². The summed E-state index contributed by atoms with van der Waals surface area (Å²) in [6.07, 6.45) is 3.55. The van der Waals surface area contributed by atoms with E-state index in [2.05, 4.69) is 101 Å². The standard InChI is InChI=1S/C36H21N2O.C11H8N.Ir/c37-23-29-20-21-31-30-9-6-10-32(33-11-4-5-22-38-33)35(30)39-36(31)34(29)28-18-16-27(17-19-28)26-14-12-25(13-15-26)24-7-2-1-3-8-24;1-2-6-10(7-3-1)11-8-4-5-9-12-11;/h1-9,11-22H;1-6,8-9H;/q2*-1;. The van der Waals surface area contributed by atoms with Gasteiger partial charge in [0.1, 0.15) is 5.58 Å². The fraction of sp³-hybridized carbons (Fsp3) is 0. The molecular weight excluding hydrogens is 815 g/mol. The second-order valence-corrected chi connectivity index (χ2v) is 11.9. The van der Waals surface area contributed by atoms with Crippen molar-refractivity contribution in [2.24, 2.45) is 0 Å². The molecule has 9 aromatic rings. The molecule has 5 heteroatoms. The molecule has 0 atom stereocenters. The zero-order valence-electron chi connectivity index (χ0n) is 27.8. The van der Waals surface area contributed by atoms with Gasteiger partial charge in [0.05, 0.1) is 17.2 Å². The zero-order chi connectivity index (χ0) is 34.4. The van der Waals surface area contributed by atoms with E-state index >= 15 is 0 Å². The molecule has 6 aromatic carbocycles. The third-order valence-electron chi connectivity index (χ3n) is 8.79. The van der Waals surface area contributed by atoms with E-state index in [0.29, 0.717) is 11.1 Å². The van der Waals surface area contributed by atoms with E-state index in [9.17, 15) is 5.26 Å². The predicted octanol–water partition coefficient (Wildman–Crippen LogP) is 11.9. The van der Waals surface area contributed by atoms with E-state index in [0.717, 1.165) is 61.1 Å². The number of furan rings is 1. The Morgan fingerprint density at radius 1 is 0.481 bits per heavy atom. The van der Waals surface area contributed by atoms with Crippen LogP contribution in [0.4, 0.5) is 0 Å². The molecule has 0 N–H and O–H groups in total. The third-order valence-corrected chi connectivity index (χ3v) is 8.79. The monoisotopic (exact) mass is 844 g/mol. The summed E-state index contributed by atoms with van der Waals surface area (Å²) in [7, 11) is 0. The van der Waals surface area contributed by atoms with Crippen LogP contribution in [0, 0.1) is 23.5 Å². The average Bonchev–Trinajstić information content (AvgIpc) is 3.61. The molecule has 3 heterocycles. The van der Waals surface area contributed by atoms with Gasteiger partial charge in [0, 0.05) is 43.4 Å². The Hall–Kier alpha value is -6.44. The first-order chi connectivity index (χ1) is 25.3. The number of fused-ring (bicyclic) bond motifs is 3. The molecule has 4 nitrogen and oxygen atoms in total. The Bertz CT molecular complexity index is 2560. The largest absolute Gasteiger partial charge is 0.500 e. The number of nitriles is 1. The molecule has 0 saturated heterocycles. The van der Waals surface area contributed by atoms with Gasteiger partial charge in [-0.3, -0.25) is 0 Å². The van der Waals surface area contributed by atoms with Crippen LogP contribution in [0.5, 0.6) is 0 Å². The summed E-state index contributed by atoms with van der Waals surface area (Å²) >= 11 is 0. The van der Waals surface area contributed by atoms with Crippen molar-refractivity contribution in [2.45, 2.75) is 0 Å². The van der Waals surface area contributed by atoms with Gasteiger partial charge in [-0.05, 0) is 57.4 Å². The molecule has 0 saturated carbocycles. The first-order valence-electron chi connectivity index (χ1n) is 16.6. The average molecular weight is 844 g/mol. The van der Waals surface area contributed by atoms with Crippen LogP contribution in [-0.4, -0.2) is 9.97 Å².